The summed E-state index contributed by atoms with van der Waals surface area (Å²) in [5, 5.41) is 0. The number of pyridine rings is 1. The fraction of sp³-hybridized carbons (Fsp3) is 0.615. The van der Waals surface area contributed by atoms with Crippen LogP contribution in [-0.2, 0) is 4.74 Å². The summed E-state index contributed by atoms with van der Waals surface area (Å²) in [6.45, 7) is 6.22. The van der Waals surface area contributed by atoms with E-state index in [0.29, 0.717) is 0 Å². The van der Waals surface area contributed by atoms with Crippen LogP contribution in [0.5, 0.6) is 0 Å². The van der Waals surface area contributed by atoms with E-state index in [2.05, 4.69) is 14.8 Å². The molecule has 1 saturated heterocycles. The van der Waals surface area contributed by atoms with Crippen molar-refractivity contribution in [3.8, 4) is 0 Å². The van der Waals surface area contributed by atoms with E-state index in [1.807, 2.05) is 12.1 Å². The lowest BCUT2D eigenvalue weighted by atomic mass is 10.3. The second kappa shape index (κ2) is 6.56. The molecule has 0 aliphatic carbocycles. The summed E-state index contributed by atoms with van der Waals surface area (Å²) in [6.07, 6.45) is 2.83. The van der Waals surface area contributed by atoms with Crippen LogP contribution in [0.4, 0.5) is 11.5 Å². The van der Waals surface area contributed by atoms with Gasteiger partial charge in [0.05, 0.1) is 11.9 Å². The summed E-state index contributed by atoms with van der Waals surface area (Å²) in [5.74, 6) is 1.03. The molecule has 0 aromatic carbocycles. The van der Waals surface area contributed by atoms with Gasteiger partial charge in [0, 0.05) is 46.4 Å². The smallest absolute Gasteiger partial charge is 0.128 e. The molecule has 1 aliphatic rings. The number of nitrogen functional groups attached to an aromatic ring is 1. The Balaban J connectivity index is 1.77. The number of piperazine rings is 1. The Kier molecular flexibility index (Phi) is 4.78. The fourth-order valence-electron chi connectivity index (χ4n) is 2.22. The number of methoxy groups -OCH3 is 1. The Hall–Kier alpha value is -1.33. The highest BCUT2D eigenvalue weighted by molar-refractivity contribution is 5.46. The topological polar surface area (TPSA) is 54.6 Å². The molecule has 0 atom stereocenters. The zero-order chi connectivity index (χ0) is 12.8. The number of nitrogens with two attached hydrogens (primary N) is 1. The van der Waals surface area contributed by atoms with E-state index >= 15 is 0 Å². The SMILES string of the molecule is COCCCN1CCN(c2ccc(N)cn2)CC1. The Morgan fingerprint density at radius 2 is 2.06 bits per heavy atom. The van der Waals surface area contributed by atoms with Gasteiger partial charge >= 0.3 is 0 Å². The van der Waals surface area contributed by atoms with Crippen LogP contribution in [0.1, 0.15) is 6.42 Å². The van der Waals surface area contributed by atoms with Crippen molar-refractivity contribution in [3.63, 3.8) is 0 Å². The standard InChI is InChI=1S/C13H22N4O/c1-18-10-2-5-16-6-8-17(9-7-16)13-4-3-12(14)11-15-13/h3-4,11H,2,5-10,14H2,1H3. The molecule has 0 amide bonds. The van der Waals surface area contributed by atoms with Gasteiger partial charge < -0.3 is 15.4 Å². The predicted molar refractivity (Wildman–Crippen MR) is 73.8 cm³/mol. The number of ether oxygens (including phenoxy) is 1. The van der Waals surface area contributed by atoms with Gasteiger partial charge in [-0.1, -0.05) is 0 Å². The molecule has 1 fully saturated rings. The van der Waals surface area contributed by atoms with E-state index in [-0.39, 0.29) is 0 Å². The molecule has 100 valence electrons. The second-order valence-electron chi connectivity index (χ2n) is 4.62. The highest BCUT2D eigenvalue weighted by atomic mass is 16.5. The highest BCUT2D eigenvalue weighted by Gasteiger charge is 2.17. The third-order valence-electron chi connectivity index (χ3n) is 3.29. The van der Waals surface area contributed by atoms with Crippen molar-refractivity contribution in [2.45, 2.75) is 6.42 Å². The van der Waals surface area contributed by atoms with Crippen molar-refractivity contribution in [2.24, 2.45) is 0 Å². The third-order valence-corrected chi connectivity index (χ3v) is 3.29. The largest absolute Gasteiger partial charge is 0.397 e. The first-order valence-corrected chi connectivity index (χ1v) is 6.47. The molecule has 5 nitrogen and oxygen atoms in total. The number of rotatable bonds is 5. The summed E-state index contributed by atoms with van der Waals surface area (Å²) in [4.78, 5) is 9.16. The molecular weight excluding hydrogens is 228 g/mol. The monoisotopic (exact) mass is 250 g/mol. The Morgan fingerprint density at radius 3 is 2.67 bits per heavy atom. The number of hydrogen-bond donors (Lipinski definition) is 1. The van der Waals surface area contributed by atoms with Crippen molar-refractivity contribution in [3.05, 3.63) is 18.3 Å². The summed E-state index contributed by atoms with van der Waals surface area (Å²) < 4.78 is 5.08. The molecule has 5 heteroatoms. The van der Waals surface area contributed by atoms with Crippen LogP contribution >= 0.6 is 0 Å². The normalized spacial score (nSPS) is 17.1. The van der Waals surface area contributed by atoms with Crippen LogP contribution in [-0.4, -0.2) is 56.3 Å². The highest BCUT2D eigenvalue weighted by Crippen LogP contribution is 2.14. The number of hydrogen-bond acceptors (Lipinski definition) is 5. The van der Waals surface area contributed by atoms with Gasteiger partial charge in [-0.05, 0) is 18.6 Å². The molecule has 2 rings (SSSR count). The Morgan fingerprint density at radius 1 is 1.28 bits per heavy atom. The molecule has 1 aromatic heterocycles. The van der Waals surface area contributed by atoms with Gasteiger partial charge in [0.2, 0.25) is 0 Å². The molecule has 2 heterocycles. The molecule has 0 bridgehead atoms. The zero-order valence-electron chi connectivity index (χ0n) is 11.0. The van der Waals surface area contributed by atoms with Gasteiger partial charge in [-0.25, -0.2) is 4.98 Å². The second-order valence-corrected chi connectivity index (χ2v) is 4.62. The first kappa shape index (κ1) is 13.1. The molecule has 0 unspecified atom stereocenters. The molecule has 2 N–H and O–H groups in total. The van der Waals surface area contributed by atoms with Crippen molar-refractivity contribution >= 4 is 11.5 Å². The van der Waals surface area contributed by atoms with Crippen LogP contribution in [0.25, 0.3) is 0 Å². The molecule has 0 spiro atoms. The van der Waals surface area contributed by atoms with Crippen LogP contribution in [0.15, 0.2) is 18.3 Å². The van der Waals surface area contributed by atoms with Crippen LogP contribution in [0, 0.1) is 0 Å². The summed E-state index contributed by atoms with van der Waals surface area (Å²) in [6, 6.07) is 3.91. The maximum Gasteiger partial charge on any atom is 0.128 e. The number of nitrogens with zero attached hydrogens (tertiary/aromatic N) is 3. The number of anilines is 2. The lowest BCUT2D eigenvalue weighted by Gasteiger charge is -2.35. The van der Waals surface area contributed by atoms with E-state index in [1.54, 1.807) is 13.3 Å². The van der Waals surface area contributed by atoms with Crippen molar-refractivity contribution < 1.29 is 4.74 Å². The van der Waals surface area contributed by atoms with Crippen molar-refractivity contribution in [1.82, 2.24) is 9.88 Å². The van der Waals surface area contributed by atoms with Crippen LogP contribution < -0.4 is 10.6 Å². The van der Waals surface area contributed by atoms with Gasteiger partial charge in [-0.2, -0.15) is 0 Å². The van der Waals surface area contributed by atoms with Gasteiger partial charge in [0.15, 0.2) is 0 Å². The molecule has 1 aromatic rings. The van der Waals surface area contributed by atoms with E-state index < -0.39 is 0 Å². The van der Waals surface area contributed by atoms with Crippen LogP contribution in [0.2, 0.25) is 0 Å². The molecule has 18 heavy (non-hydrogen) atoms. The Bertz CT molecular complexity index is 347. The predicted octanol–water partition coefficient (Wildman–Crippen LogP) is 0.822. The fourth-order valence-corrected chi connectivity index (χ4v) is 2.22. The summed E-state index contributed by atoms with van der Waals surface area (Å²) in [5.41, 5.74) is 6.36. The lowest BCUT2D eigenvalue weighted by Crippen LogP contribution is -2.47. The maximum atomic E-state index is 5.65. The van der Waals surface area contributed by atoms with Crippen LogP contribution in [0.3, 0.4) is 0 Å². The lowest BCUT2D eigenvalue weighted by molar-refractivity contribution is 0.169. The average Bonchev–Trinajstić information content (AvgIpc) is 2.41. The van der Waals surface area contributed by atoms with Crippen molar-refractivity contribution in [2.75, 3.05) is 57.1 Å². The zero-order valence-corrected chi connectivity index (χ0v) is 11.0. The van der Waals surface area contributed by atoms with E-state index in [1.165, 1.54) is 0 Å². The van der Waals surface area contributed by atoms with E-state index in [0.717, 1.165) is 57.3 Å². The minimum Gasteiger partial charge on any atom is -0.397 e. The van der Waals surface area contributed by atoms with Gasteiger partial charge in [-0.15, -0.1) is 0 Å². The molecule has 0 saturated carbocycles. The van der Waals surface area contributed by atoms with Gasteiger partial charge in [0.1, 0.15) is 5.82 Å². The number of aromatic nitrogens is 1. The minimum atomic E-state index is 0.719. The summed E-state index contributed by atoms with van der Waals surface area (Å²) >= 11 is 0. The summed E-state index contributed by atoms with van der Waals surface area (Å²) in [7, 11) is 1.75. The first-order valence-electron chi connectivity index (χ1n) is 6.47. The van der Waals surface area contributed by atoms with Gasteiger partial charge in [-0.3, -0.25) is 4.90 Å². The molecule has 1 aliphatic heterocycles. The van der Waals surface area contributed by atoms with Gasteiger partial charge in [0.25, 0.3) is 0 Å². The van der Waals surface area contributed by atoms with E-state index in [4.69, 9.17) is 10.5 Å². The van der Waals surface area contributed by atoms with Crippen molar-refractivity contribution in [1.29, 1.82) is 0 Å². The quantitative estimate of drug-likeness (QED) is 0.784. The van der Waals surface area contributed by atoms with E-state index in [9.17, 15) is 0 Å². The molecule has 0 radical (unpaired) electrons. The molecular formula is C13H22N4O. The minimum absolute atomic E-state index is 0.719. The average molecular weight is 250 g/mol. The maximum absolute atomic E-state index is 5.65. The Labute approximate surface area is 109 Å². The third kappa shape index (κ3) is 3.58. The first-order chi connectivity index (χ1) is 8.79.